The summed E-state index contributed by atoms with van der Waals surface area (Å²) in [6.07, 6.45) is 5.05. The van der Waals surface area contributed by atoms with Crippen LogP contribution in [0.15, 0.2) is 0 Å². The van der Waals surface area contributed by atoms with E-state index < -0.39 is 15.4 Å². The third-order valence-corrected chi connectivity index (χ3v) is 5.97. The van der Waals surface area contributed by atoms with Crippen molar-refractivity contribution < 1.29 is 13.2 Å². The van der Waals surface area contributed by atoms with Crippen molar-refractivity contribution in [2.45, 2.75) is 57.0 Å². The molecule has 2 fully saturated rings. The van der Waals surface area contributed by atoms with Gasteiger partial charge in [-0.3, -0.25) is 4.79 Å². The second-order valence-electron chi connectivity index (χ2n) is 5.79. The molecule has 2 rings (SSSR count). The van der Waals surface area contributed by atoms with Crippen molar-refractivity contribution in [1.82, 2.24) is 10.6 Å². The molecule has 2 saturated heterocycles. The SMILES string of the molecule is CCCC1(C(=O)NC2CCCS(=O)(=O)C2)CCCN1. The highest BCUT2D eigenvalue weighted by molar-refractivity contribution is 7.91. The first-order chi connectivity index (χ1) is 8.97. The lowest BCUT2D eigenvalue weighted by Crippen LogP contribution is -2.57. The quantitative estimate of drug-likeness (QED) is 0.794. The van der Waals surface area contributed by atoms with Crippen LogP contribution >= 0.6 is 0 Å². The van der Waals surface area contributed by atoms with Crippen molar-refractivity contribution in [3.8, 4) is 0 Å². The van der Waals surface area contributed by atoms with Gasteiger partial charge < -0.3 is 10.6 Å². The molecule has 0 spiro atoms. The standard InChI is InChI=1S/C13H24N2O3S/c1-2-6-13(7-4-8-14-13)12(16)15-11-5-3-9-19(17,18)10-11/h11,14H,2-10H2,1H3,(H,15,16). The Bertz CT molecular complexity index is 427. The van der Waals surface area contributed by atoms with Gasteiger partial charge in [0.1, 0.15) is 0 Å². The summed E-state index contributed by atoms with van der Waals surface area (Å²) in [5.74, 6) is 0.354. The van der Waals surface area contributed by atoms with Crippen LogP contribution in [0.4, 0.5) is 0 Å². The molecule has 0 aromatic carbocycles. The molecule has 0 aromatic heterocycles. The maximum atomic E-state index is 12.5. The summed E-state index contributed by atoms with van der Waals surface area (Å²) in [6, 6.07) is -0.206. The first-order valence-electron chi connectivity index (χ1n) is 7.24. The molecule has 0 bridgehead atoms. The summed E-state index contributed by atoms with van der Waals surface area (Å²) in [6.45, 7) is 2.94. The fourth-order valence-corrected chi connectivity index (χ4v) is 4.85. The highest BCUT2D eigenvalue weighted by Gasteiger charge is 2.41. The molecule has 0 radical (unpaired) electrons. The summed E-state index contributed by atoms with van der Waals surface area (Å²) in [7, 11) is -2.97. The van der Waals surface area contributed by atoms with Crippen molar-refractivity contribution >= 4 is 15.7 Å². The molecule has 0 aromatic rings. The number of sulfone groups is 1. The van der Waals surface area contributed by atoms with Crippen molar-refractivity contribution in [2.24, 2.45) is 0 Å². The maximum absolute atomic E-state index is 12.5. The zero-order valence-electron chi connectivity index (χ0n) is 11.6. The molecule has 2 aliphatic heterocycles. The number of amides is 1. The minimum atomic E-state index is -2.97. The van der Waals surface area contributed by atoms with E-state index >= 15 is 0 Å². The normalized spacial score (nSPS) is 34.1. The van der Waals surface area contributed by atoms with Crippen molar-refractivity contribution in [2.75, 3.05) is 18.1 Å². The summed E-state index contributed by atoms with van der Waals surface area (Å²) in [5, 5.41) is 6.28. The van der Waals surface area contributed by atoms with Crippen molar-refractivity contribution in [3.63, 3.8) is 0 Å². The number of carbonyl (C=O) groups excluding carboxylic acids is 1. The molecule has 2 heterocycles. The van der Waals surface area contributed by atoms with Gasteiger partial charge in [-0.2, -0.15) is 0 Å². The van der Waals surface area contributed by atoms with Gasteiger partial charge in [0.25, 0.3) is 0 Å². The number of nitrogens with one attached hydrogen (secondary N) is 2. The second-order valence-corrected chi connectivity index (χ2v) is 8.02. The first-order valence-corrected chi connectivity index (χ1v) is 9.06. The molecule has 2 unspecified atom stereocenters. The van der Waals surface area contributed by atoms with E-state index in [-0.39, 0.29) is 23.5 Å². The Labute approximate surface area is 115 Å². The predicted octanol–water partition coefficient (Wildman–Crippen LogP) is 0.602. The van der Waals surface area contributed by atoms with Crippen LogP contribution in [-0.2, 0) is 14.6 Å². The molecular formula is C13H24N2O3S. The molecule has 0 aliphatic carbocycles. The number of rotatable bonds is 4. The summed E-state index contributed by atoms with van der Waals surface area (Å²) in [4.78, 5) is 12.5. The molecule has 1 amide bonds. The van der Waals surface area contributed by atoms with Crippen LogP contribution in [0.5, 0.6) is 0 Å². The van der Waals surface area contributed by atoms with Gasteiger partial charge in [-0.05, 0) is 38.6 Å². The van der Waals surface area contributed by atoms with Crippen LogP contribution in [-0.4, -0.2) is 44.0 Å². The summed E-state index contributed by atoms with van der Waals surface area (Å²) in [5.41, 5.74) is -0.462. The van der Waals surface area contributed by atoms with Gasteiger partial charge in [-0.25, -0.2) is 8.42 Å². The van der Waals surface area contributed by atoms with Crippen LogP contribution in [0, 0.1) is 0 Å². The Hall–Kier alpha value is -0.620. The Balaban J connectivity index is 1.99. The molecule has 0 saturated carbocycles. The fraction of sp³-hybridized carbons (Fsp3) is 0.923. The minimum absolute atomic E-state index is 0.00560. The molecule has 2 atom stereocenters. The lowest BCUT2D eigenvalue weighted by molar-refractivity contribution is -0.128. The molecule has 5 nitrogen and oxygen atoms in total. The summed E-state index contributed by atoms with van der Waals surface area (Å²) < 4.78 is 23.2. The molecular weight excluding hydrogens is 264 g/mol. The Morgan fingerprint density at radius 3 is 2.79 bits per heavy atom. The van der Waals surface area contributed by atoms with E-state index in [9.17, 15) is 13.2 Å². The molecule has 2 aliphatic rings. The first kappa shape index (κ1) is 14.8. The van der Waals surface area contributed by atoms with Gasteiger partial charge in [0.2, 0.25) is 5.91 Å². The van der Waals surface area contributed by atoms with E-state index in [1.165, 1.54) is 0 Å². The topological polar surface area (TPSA) is 75.3 Å². The third-order valence-electron chi connectivity index (χ3n) is 4.15. The van der Waals surface area contributed by atoms with E-state index in [2.05, 4.69) is 17.6 Å². The van der Waals surface area contributed by atoms with E-state index in [0.717, 1.165) is 38.6 Å². The highest BCUT2D eigenvalue weighted by Crippen LogP contribution is 2.25. The number of carbonyl (C=O) groups is 1. The van der Waals surface area contributed by atoms with Crippen LogP contribution in [0.2, 0.25) is 0 Å². The van der Waals surface area contributed by atoms with Gasteiger partial charge >= 0.3 is 0 Å². The average molecular weight is 288 g/mol. The predicted molar refractivity (Wildman–Crippen MR) is 74.7 cm³/mol. The fourth-order valence-electron chi connectivity index (χ4n) is 3.21. The largest absolute Gasteiger partial charge is 0.351 e. The molecule has 2 N–H and O–H groups in total. The third kappa shape index (κ3) is 3.48. The minimum Gasteiger partial charge on any atom is -0.351 e. The van der Waals surface area contributed by atoms with E-state index in [1.807, 2.05) is 0 Å². The highest BCUT2D eigenvalue weighted by atomic mass is 32.2. The maximum Gasteiger partial charge on any atom is 0.240 e. The Morgan fingerprint density at radius 1 is 1.42 bits per heavy atom. The monoisotopic (exact) mass is 288 g/mol. The van der Waals surface area contributed by atoms with Gasteiger partial charge in [-0.15, -0.1) is 0 Å². The van der Waals surface area contributed by atoms with Crippen LogP contribution in [0.25, 0.3) is 0 Å². The van der Waals surface area contributed by atoms with Crippen LogP contribution < -0.4 is 10.6 Å². The van der Waals surface area contributed by atoms with Gasteiger partial charge in [-0.1, -0.05) is 13.3 Å². The van der Waals surface area contributed by atoms with Crippen molar-refractivity contribution in [1.29, 1.82) is 0 Å². The lowest BCUT2D eigenvalue weighted by Gasteiger charge is -2.31. The average Bonchev–Trinajstić information content (AvgIpc) is 2.78. The van der Waals surface area contributed by atoms with E-state index in [1.54, 1.807) is 0 Å². The molecule has 110 valence electrons. The van der Waals surface area contributed by atoms with E-state index in [0.29, 0.717) is 6.42 Å². The number of hydrogen-bond acceptors (Lipinski definition) is 4. The second kappa shape index (κ2) is 5.79. The lowest BCUT2D eigenvalue weighted by atomic mass is 9.90. The summed E-state index contributed by atoms with van der Waals surface area (Å²) >= 11 is 0. The van der Waals surface area contributed by atoms with Crippen molar-refractivity contribution in [3.05, 3.63) is 0 Å². The molecule has 19 heavy (non-hydrogen) atoms. The molecule has 6 heteroatoms. The van der Waals surface area contributed by atoms with E-state index in [4.69, 9.17) is 0 Å². The van der Waals surface area contributed by atoms with Crippen LogP contribution in [0.1, 0.15) is 45.4 Å². The zero-order chi connectivity index (χ0) is 13.9. The smallest absolute Gasteiger partial charge is 0.240 e. The Morgan fingerprint density at radius 2 is 2.21 bits per heavy atom. The Kier molecular flexibility index (Phi) is 4.50. The van der Waals surface area contributed by atoms with Gasteiger partial charge in [0, 0.05) is 6.04 Å². The zero-order valence-corrected chi connectivity index (χ0v) is 12.4. The van der Waals surface area contributed by atoms with Gasteiger partial charge in [0.05, 0.1) is 17.0 Å². The van der Waals surface area contributed by atoms with Crippen LogP contribution in [0.3, 0.4) is 0 Å². The van der Waals surface area contributed by atoms with Gasteiger partial charge in [0.15, 0.2) is 9.84 Å². The number of hydrogen-bond donors (Lipinski definition) is 2.